The zero-order chi connectivity index (χ0) is 14.0. The van der Waals surface area contributed by atoms with Crippen molar-refractivity contribution in [3.8, 4) is 0 Å². The number of pyridine rings is 1. The van der Waals surface area contributed by atoms with Crippen molar-refractivity contribution in [1.29, 1.82) is 0 Å². The Labute approximate surface area is 118 Å². The summed E-state index contributed by atoms with van der Waals surface area (Å²) in [5.41, 5.74) is 2.29. The summed E-state index contributed by atoms with van der Waals surface area (Å²) in [6, 6.07) is 2.20. The summed E-state index contributed by atoms with van der Waals surface area (Å²) < 4.78 is 5.28. The highest BCUT2D eigenvalue weighted by atomic mass is 35.5. The van der Waals surface area contributed by atoms with Gasteiger partial charge in [-0.25, -0.2) is 4.98 Å². The fraction of sp³-hybridized carbons (Fsp3) is 0.571. The van der Waals surface area contributed by atoms with E-state index in [-0.39, 0.29) is 11.8 Å². The van der Waals surface area contributed by atoms with Crippen LogP contribution in [0.5, 0.6) is 0 Å². The van der Waals surface area contributed by atoms with E-state index in [0.717, 1.165) is 17.8 Å². The van der Waals surface area contributed by atoms with Crippen molar-refractivity contribution in [3.63, 3.8) is 0 Å². The number of aryl methyl sites for hydroxylation is 1. The molecule has 1 aliphatic rings. The van der Waals surface area contributed by atoms with Gasteiger partial charge in [-0.15, -0.1) is 0 Å². The topological polar surface area (TPSA) is 42.4 Å². The number of nitrogens with zero attached hydrogens (tertiary/aromatic N) is 2. The molecule has 19 heavy (non-hydrogen) atoms. The zero-order valence-electron chi connectivity index (χ0n) is 11.6. The van der Waals surface area contributed by atoms with Crippen LogP contribution in [0.2, 0.25) is 5.15 Å². The first-order chi connectivity index (χ1) is 9.08. The molecule has 0 radical (unpaired) electrons. The Kier molecular flexibility index (Phi) is 4.42. The molecule has 0 spiro atoms. The van der Waals surface area contributed by atoms with Gasteiger partial charge in [0.15, 0.2) is 5.78 Å². The number of methoxy groups -OCH3 is 1. The third-order valence-corrected chi connectivity index (χ3v) is 3.80. The number of aromatic nitrogens is 1. The molecule has 1 aliphatic heterocycles. The van der Waals surface area contributed by atoms with Crippen molar-refractivity contribution in [1.82, 2.24) is 4.98 Å². The molecule has 1 unspecified atom stereocenters. The lowest BCUT2D eigenvalue weighted by molar-refractivity contribution is 0.0975. The summed E-state index contributed by atoms with van der Waals surface area (Å²) in [4.78, 5) is 18.5. The Morgan fingerprint density at radius 2 is 2.32 bits per heavy atom. The van der Waals surface area contributed by atoms with Crippen molar-refractivity contribution >= 4 is 23.1 Å². The summed E-state index contributed by atoms with van der Waals surface area (Å²) in [5, 5.41) is 0.317. The van der Waals surface area contributed by atoms with E-state index in [9.17, 15) is 4.79 Å². The molecule has 0 bridgehead atoms. The summed E-state index contributed by atoms with van der Waals surface area (Å²) in [7, 11) is 1.70. The van der Waals surface area contributed by atoms with Crippen molar-refractivity contribution in [2.75, 3.05) is 25.2 Å². The molecule has 0 aromatic carbocycles. The van der Waals surface area contributed by atoms with Gasteiger partial charge in [0, 0.05) is 25.8 Å². The van der Waals surface area contributed by atoms with Gasteiger partial charge in [0.1, 0.15) is 5.15 Å². The van der Waals surface area contributed by atoms with Crippen LogP contribution in [0.3, 0.4) is 0 Å². The zero-order valence-corrected chi connectivity index (χ0v) is 12.3. The molecule has 0 fully saturated rings. The van der Waals surface area contributed by atoms with Crippen LogP contribution in [0.1, 0.15) is 35.8 Å². The molecule has 0 saturated carbocycles. The van der Waals surface area contributed by atoms with Crippen LogP contribution >= 0.6 is 11.6 Å². The lowest BCUT2D eigenvalue weighted by atomic mass is 9.99. The molecule has 0 aliphatic carbocycles. The highest BCUT2D eigenvalue weighted by Gasteiger charge is 2.30. The van der Waals surface area contributed by atoms with Gasteiger partial charge in [-0.1, -0.05) is 18.5 Å². The number of rotatable bonds is 4. The molecule has 0 N–H and O–H groups in total. The molecule has 0 saturated heterocycles. The average Bonchev–Trinajstić information content (AvgIpc) is 2.36. The summed E-state index contributed by atoms with van der Waals surface area (Å²) in [6.07, 6.45) is 1.44. The smallest absolute Gasteiger partial charge is 0.169 e. The molecular formula is C14H19ClN2O2. The van der Waals surface area contributed by atoms with Gasteiger partial charge in [0.25, 0.3) is 0 Å². The second-order valence-electron chi connectivity index (χ2n) is 4.83. The molecule has 4 nitrogen and oxygen atoms in total. The van der Waals surface area contributed by atoms with Gasteiger partial charge in [-0.3, -0.25) is 4.79 Å². The first-order valence-corrected chi connectivity index (χ1v) is 6.92. The van der Waals surface area contributed by atoms with E-state index >= 15 is 0 Å². The van der Waals surface area contributed by atoms with Gasteiger partial charge in [0.05, 0.1) is 23.9 Å². The van der Waals surface area contributed by atoms with Crippen LogP contribution in [0.4, 0.5) is 5.69 Å². The fourth-order valence-electron chi connectivity index (χ4n) is 2.57. The maximum Gasteiger partial charge on any atom is 0.169 e. The number of hydrogen-bond donors (Lipinski definition) is 0. The average molecular weight is 283 g/mol. The van der Waals surface area contributed by atoms with Crippen LogP contribution in [0, 0.1) is 6.92 Å². The van der Waals surface area contributed by atoms with Crippen molar-refractivity contribution in [2.45, 2.75) is 32.7 Å². The third-order valence-electron chi connectivity index (χ3n) is 3.52. The quantitative estimate of drug-likeness (QED) is 0.797. The van der Waals surface area contributed by atoms with E-state index in [0.29, 0.717) is 30.3 Å². The standard InChI is InChI=1S/C14H19ClN2O2/c1-4-10(8-19-3)17-6-5-12(18)13-11(17)7-9(2)16-14(13)15/h7,10H,4-6,8H2,1-3H3. The van der Waals surface area contributed by atoms with Gasteiger partial charge in [-0.2, -0.15) is 0 Å². The molecule has 1 aromatic rings. The van der Waals surface area contributed by atoms with Gasteiger partial charge >= 0.3 is 0 Å². The largest absolute Gasteiger partial charge is 0.383 e. The van der Waals surface area contributed by atoms with Crippen LogP contribution in [-0.2, 0) is 4.74 Å². The first kappa shape index (κ1) is 14.3. The fourth-order valence-corrected chi connectivity index (χ4v) is 2.91. The molecule has 2 rings (SSSR count). The summed E-state index contributed by atoms with van der Waals surface area (Å²) in [6.45, 7) is 5.37. The molecule has 2 heterocycles. The number of hydrogen-bond acceptors (Lipinski definition) is 4. The SMILES string of the molecule is CCC(COC)N1CCC(=O)c2c1cc(C)nc2Cl. The number of ketones is 1. The van der Waals surface area contributed by atoms with Crippen LogP contribution < -0.4 is 4.90 Å². The van der Waals surface area contributed by atoms with E-state index < -0.39 is 0 Å². The number of carbonyl (C=O) groups is 1. The second kappa shape index (κ2) is 5.88. The maximum atomic E-state index is 12.0. The van der Waals surface area contributed by atoms with E-state index in [2.05, 4.69) is 16.8 Å². The normalized spacial score (nSPS) is 16.4. The van der Waals surface area contributed by atoms with Gasteiger partial charge in [-0.05, 0) is 19.4 Å². The highest BCUT2D eigenvalue weighted by Crippen LogP contribution is 2.34. The molecule has 104 valence electrons. The highest BCUT2D eigenvalue weighted by molar-refractivity contribution is 6.33. The Balaban J connectivity index is 2.46. The van der Waals surface area contributed by atoms with E-state index in [4.69, 9.17) is 16.3 Å². The minimum atomic E-state index is 0.0796. The van der Waals surface area contributed by atoms with Gasteiger partial charge in [0.2, 0.25) is 0 Å². The molecule has 0 amide bonds. The monoisotopic (exact) mass is 282 g/mol. The van der Waals surface area contributed by atoms with Crippen molar-refractivity contribution < 1.29 is 9.53 Å². The lowest BCUT2D eigenvalue weighted by Crippen LogP contribution is -2.43. The Bertz CT molecular complexity index is 491. The number of fused-ring (bicyclic) bond motifs is 1. The van der Waals surface area contributed by atoms with Crippen molar-refractivity contribution in [2.24, 2.45) is 0 Å². The van der Waals surface area contributed by atoms with Crippen molar-refractivity contribution in [3.05, 3.63) is 22.5 Å². The van der Waals surface area contributed by atoms with E-state index in [1.165, 1.54) is 0 Å². The minimum Gasteiger partial charge on any atom is -0.383 e. The lowest BCUT2D eigenvalue weighted by Gasteiger charge is -2.37. The second-order valence-corrected chi connectivity index (χ2v) is 5.19. The number of ether oxygens (including phenoxy) is 1. The number of carbonyl (C=O) groups excluding carboxylic acids is 1. The predicted molar refractivity (Wildman–Crippen MR) is 76.2 cm³/mol. The molecule has 1 aromatic heterocycles. The van der Waals surface area contributed by atoms with Crippen LogP contribution in [0.25, 0.3) is 0 Å². The van der Waals surface area contributed by atoms with Crippen LogP contribution in [0.15, 0.2) is 6.07 Å². The Morgan fingerprint density at radius 1 is 1.58 bits per heavy atom. The predicted octanol–water partition coefficient (Wildman–Crippen LogP) is 2.86. The number of Topliss-reactive ketones (excluding diaryl/α,β-unsaturated/α-hetero) is 1. The summed E-state index contributed by atoms with van der Waals surface area (Å²) in [5.74, 6) is 0.0796. The number of anilines is 1. The van der Waals surface area contributed by atoms with Gasteiger partial charge < -0.3 is 9.64 Å². The minimum absolute atomic E-state index is 0.0796. The maximum absolute atomic E-state index is 12.0. The van der Waals surface area contributed by atoms with Crippen LogP contribution in [-0.4, -0.2) is 37.1 Å². The van der Waals surface area contributed by atoms with E-state index in [1.54, 1.807) is 7.11 Å². The first-order valence-electron chi connectivity index (χ1n) is 6.54. The third kappa shape index (κ3) is 2.74. The Hall–Kier alpha value is -1.13. The molecule has 1 atom stereocenters. The van der Waals surface area contributed by atoms with E-state index in [1.807, 2.05) is 13.0 Å². The molecular weight excluding hydrogens is 264 g/mol. The Morgan fingerprint density at radius 3 is 2.95 bits per heavy atom. The molecule has 5 heteroatoms. The number of halogens is 1. The summed E-state index contributed by atoms with van der Waals surface area (Å²) >= 11 is 6.14.